The van der Waals surface area contributed by atoms with Crippen LogP contribution in [0.25, 0.3) is 0 Å². The maximum Gasteiger partial charge on any atom is 0.255 e. The SMILES string of the molecule is CC(C)NC(=O)[C@@H]1COc2ccc(NC(=O)c3ccc(F)cc3)cc2C1. The van der Waals surface area contributed by atoms with Crippen molar-refractivity contribution in [3.05, 3.63) is 59.4 Å². The maximum absolute atomic E-state index is 13.0. The number of benzene rings is 2. The highest BCUT2D eigenvalue weighted by Gasteiger charge is 2.26. The molecule has 26 heavy (non-hydrogen) atoms. The molecule has 0 spiro atoms. The van der Waals surface area contributed by atoms with E-state index in [9.17, 15) is 14.0 Å². The summed E-state index contributed by atoms with van der Waals surface area (Å²) >= 11 is 0. The molecule has 1 heterocycles. The smallest absolute Gasteiger partial charge is 0.255 e. The third kappa shape index (κ3) is 4.20. The molecule has 2 aromatic carbocycles. The number of rotatable bonds is 4. The van der Waals surface area contributed by atoms with Gasteiger partial charge in [-0.15, -0.1) is 0 Å². The highest BCUT2D eigenvalue weighted by Crippen LogP contribution is 2.30. The number of halogens is 1. The van der Waals surface area contributed by atoms with Crippen molar-refractivity contribution in [2.24, 2.45) is 5.92 Å². The zero-order valence-corrected chi connectivity index (χ0v) is 14.7. The fourth-order valence-corrected chi connectivity index (χ4v) is 2.85. The predicted molar refractivity (Wildman–Crippen MR) is 96.8 cm³/mol. The Morgan fingerprint density at radius 2 is 1.88 bits per heavy atom. The quantitative estimate of drug-likeness (QED) is 0.884. The Kier molecular flexibility index (Phi) is 5.21. The topological polar surface area (TPSA) is 67.4 Å². The normalized spacial score (nSPS) is 15.8. The van der Waals surface area contributed by atoms with E-state index in [0.717, 1.165) is 11.3 Å². The third-order valence-corrected chi connectivity index (χ3v) is 4.13. The molecule has 2 aromatic rings. The zero-order chi connectivity index (χ0) is 18.7. The van der Waals surface area contributed by atoms with Crippen molar-refractivity contribution < 1.29 is 18.7 Å². The van der Waals surface area contributed by atoms with Crippen LogP contribution >= 0.6 is 0 Å². The number of anilines is 1. The van der Waals surface area contributed by atoms with Crippen molar-refractivity contribution in [1.82, 2.24) is 5.32 Å². The molecule has 2 amide bonds. The summed E-state index contributed by atoms with van der Waals surface area (Å²) in [6.07, 6.45) is 0.550. The Morgan fingerprint density at radius 1 is 1.15 bits per heavy atom. The lowest BCUT2D eigenvalue weighted by atomic mass is 9.95. The molecule has 0 bridgehead atoms. The Balaban J connectivity index is 1.71. The van der Waals surface area contributed by atoms with E-state index in [4.69, 9.17) is 4.74 Å². The average Bonchev–Trinajstić information content (AvgIpc) is 2.61. The summed E-state index contributed by atoms with van der Waals surface area (Å²) in [4.78, 5) is 24.5. The van der Waals surface area contributed by atoms with Crippen LogP contribution in [-0.4, -0.2) is 24.5 Å². The lowest BCUT2D eigenvalue weighted by Crippen LogP contribution is -2.40. The number of hydrogen-bond donors (Lipinski definition) is 2. The summed E-state index contributed by atoms with van der Waals surface area (Å²) in [6, 6.07) is 10.8. The molecule has 0 unspecified atom stereocenters. The molecule has 3 rings (SSSR count). The zero-order valence-electron chi connectivity index (χ0n) is 14.7. The first-order chi connectivity index (χ1) is 12.4. The molecule has 0 saturated carbocycles. The number of carbonyl (C=O) groups is 2. The Hall–Kier alpha value is -2.89. The van der Waals surface area contributed by atoms with Crippen molar-refractivity contribution in [2.75, 3.05) is 11.9 Å². The monoisotopic (exact) mass is 356 g/mol. The van der Waals surface area contributed by atoms with Gasteiger partial charge < -0.3 is 15.4 Å². The molecule has 2 N–H and O–H groups in total. The molecule has 1 aliphatic rings. The van der Waals surface area contributed by atoms with Crippen LogP contribution in [0.15, 0.2) is 42.5 Å². The van der Waals surface area contributed by atoms with Gasteiger partial charge in [-0.2, -0.15) is 0 Å². The standard InChI is InChI=1S/C20H21FN2O3/c1-12(2)22-20(25)15-9-14-10-17(7-8-18(14)26-11-15)23-19(24)13-3-5-16(21)6-4-13/h3-8,10,12,15H,9,11H2,1-2H3,(H,22,25)(H,23,24)/t15-/m0/s1. The molecule has 6 heteroatoms. The number of ether oxygens (including phenoxy) is 1. The van der Waals surface area contributed by atoms with Crippen molar-refractivity contribution in [1.29, 1.82) is 0 Å². The van der Waals surface area contributed by atoms with Crippen molar-refractivity contribution in [2.45, 2.75) is 26.3 Å². The first-order valence-electron chi connectivity index (χ1n) is 8.55. The summed E-state index contributed by atoms with van der Waals surface area (Å²) < 4.78 is 18.6. The second-order valence-electron chi connectivity index (χ2n) is 6.66. The minimum Gasteiger partial charge on any atom is -0.492 e. The lowest BCUT2D eigenvalue weighted by Gasteiger charge is -2.26. The van der Waals surface area contributed by atoms with Crippen LogP contribution in [0, 0.1) is 11.7 Å². The highest BCUT2D eigenvalue weighted by molar-refractivity contribution is 6.04. The summed E-state index contributed by atoms with van der Waals surface area (Å²) in [5.41, 5.74) is 1.85. The number of hydrogen-bond acceptors (Lipinski definition) is 3. The maximum atomic E-state index is 13.0. The van der Waals surface area contributed by atoms with E-state index in [1.165, 1.54) is 24.3 Å². The van der Waals surface area contributed by atoms with E-state index in [1.54, 1.807) is 12.1 Å². The van der Waals surface area contributed by atoms with E-state index in [0.29, 0.717) is 24.3 Å². The first kappa shape index (κ1) is 17.9. The Morgan fingerprint density at radius 3 is 2.58 bits per heavy atom. The van der Waals surface area contributed by atoms with Gasteiger partial charge in [-0.25, -0.2) is 4.39 Å². The van der Waals surface area contributed by atoms with Crippen LogP contribution in [0.1, 0.15) is 29.8 Å². The molecular weight excluding hydrogens is 335 g/mol. The van der Waals surface area contributed by atoms with E-state index in [1.807, 2.05) is 19.9 Å². The molecule has 0 radical (unpaired) electrons. The second-order valence-corrected chi connectivity index (χ2v) is 6.66. The number of fused-ring (bicyclic) bond motifs is 1. The Labute approximate surface area is 151 Å². The molecule has 136 valence electrons. The van der Waals surface area contributed by atoms with Gasteiger partial charge in [0.25, 0.3) is 5.91 Å². The summed E-state index contributed by atoms with van der Waals surface area (Å²) in [7, 11) is 0. The minimum absolute atomic E-state index is 0.0357. The molecule has 1 aliphatic heterocycles. The third-order valence-electron chi connectivity index (χ3n) is 4.13. The summed E-state index contributed by atoms with van der Waals surface area (Å²) in [5.74, 6) is -0.285. The number of amides is 2. The van der Waals surface area contributed by atoms with Crippen LogP contribution in [0.5, 0.6) is 5.75 Å². The van der Waals surface area contributed by atoms with Gasteiger partial charge in [0.05, 0.1) is 5.92 Å². The second kappa shape index (κ2) is 7.56. The lowest BCUT2D eigenvalue weighted by molar-refractivity contribution is -0.126. The first-order valence-corrected chi connectivity index (χ1v) is 8.55. The van der Waals surface area contributed by atoms with Crippen LogP contribution < -0.4 is 15.4 Å². The fourth-order valence-electron chi connectivity index (χ4n) is 2.85. The molecule has 0 fully saturated rings. The fraction of sp³-hybridized carbons (Fsp3) is 0.300. The Bertz CT molecular complexity index is 818. The van der Waals surface area contributed by atoms with Crippen molar-refractivity contribution in [3.63, 3.8) is 0 Å². The molecular formula is C20H21FN2O3. The van der Waals surface area contributed by atoms with E-state index in [2.05, 4.69) is 10.6 Å². The van der Waals surface area contributed by atoms with Gasteiger partial charge in [0.15, 0.2) is 0 Å². The predicted octanol–water partition coefficient (Wildman–Crippen LogP) is 3.15. The van der Waals surface area contributed by atoms with Crippen LogP contribution in [0.4, 0.5) is 10.1 Å². The van der Waals surface area contributed by atoms with E-state index < -0.39 is 5.82 Å². The molecule has 1 atom stereocenters. The van der Waals surface area contributed by atoms with Gasteiger partial charge in [-0.05, 0) is 68.3 Å². The van der Waals surface area contributed by atoms with E-state index in [-0.39, 0.29) is 23.8 Å². The number of carbonyl (C=O) groups excluding carboxylic acids is 2. The summed E-state index contributed by atoms with van der Waals surface area (Å²) in [5, 5.41) is 5.68. The summed E-state index contributed by atoms with van der Waals surface area (Å²) in [6.45, 7) is 4.17. The van der Waals surface area contributed by atoms with Gasteiger partial charge in [0.2, 0.25) is 5.91 Å². The van der Waals surface area contributed by atoms with Crippen LogP contribution in [-0.2, 0) is 11.2 Å². The van der Waals surface area contributed by atoms with Gasteiger partial charge >= 0.3 is 0 Å². The van der Waals surface area contributed by atoms with Crippen molar-refractivity contribution in [3.8, 4) is 5.75 Å². The van der Waals surface area contributed by atoms with Crippen molar-refractivity contribution >= 4 is 17.5 Å². The van der Waals surface area contributed by atoms with Gasteiger partial charge in [0, 0.05) is 17.3 Å². The number of nitrogens with one attached hydrogen (secondary N) is 2. The molecule has 5 nitrogen and oxygen atoms in total. The molecule has 0 aliphatic carbocycles. The van der Waals surface area contributed by atoms with Gasteiger partial charge in [-0.1, -0.05) is 0 Å². The largest absolute Gasteiger partial charge is 0.492 e. The van der Waals surface area contributed by atoms with Gasteiger partial charge in [0.1, 0.15) is 18.2 Å². The van der Waals surface area contributed by atoms with Crippen LogP contribution in [0.3, 0.4) is 0 Å². The molecule has 0 saturated heterocycles. The average molecular weight is 356 g/mol. The van der Waals surface area contributed by atoms with Crippen LogP contribution in [0.2, 0.25) is 0 Å². The molecule has 0 aromatic heterocycles. The minimum atomic E-state index is -0.391. The van der Waals surface area contributed by atoms with E-state index >= 15 is 0 Å². The van der Waals surface area contributed by atoms with Gasteiger partial charge in [-0.3, -0.25) is 9.59 Å². The highest BCUT2D eigenvalue weighted by atomic mass is 19.1.